The zero-order valence-corrected chi connectivity index (χ0v) is 20.7. The number of amides is 1. The van der Waals surface area contributed by atoms with Crippen LogP contribution in [-0.2, 0) is 7.05 Å². The van der Waals surface area contributed by atoms with E-state index >= 15 is 0 Å². The lowest BCUT2D eigenvalue weighted by Crippen LogP contribution is -2.56. The Morgan fingerprint density at radius 3 is 2.50 bits per heavy atom. The number of ether oxygens (including phenoxy) is 1. The van der Waals surface area contributed by atoms with Gasteiger partial charge in [0.1, 0.15) is 12.1 Å². The monoisotopic (exact) mass is 522 g/mol. The molecular weight excluding hydrogens is 498 g/mol. The molecule has 1 aliphatic heterocycles. The van der Waals surface area contributed by atoms with Gasteiger partial charge in [-0.2, -0.15) is 5.10 Å². The van der Waals surface area contributed by atoms with Crippen LogP contribution in [0.5, 0.6) is 5.75 Å². The molecule has 1 saturated heterocycles. The molecule has 12 nitrogen and oxygen atoms in total. The van der Waals surface area contributed by atoms with Crippen LogP contribution in [0.3, 0.4) is 0 Å². The van der Waals surface area contributed by atoms with E-state index in [1.807, 2.05) is 12.1 Å². The van der Waals surface area contributed by atoms with Gasteiger partial charge in [0.15, 0.2) is 23.1 Å². The highest BCUT2D eigenvalue weighted by Crippen LogP contribution is 2.37. The lowest BCUT2D eigenvalue weighted by Gasteiger charge is -2.40. The summed E-state index contributed by atoms with van der Waals surface area (Å²) in [6, 6.07) is 10.4. The molecule has 0 radical (unpaired) electrons. The summed E-state index contributed by atoms with van der Waals surface area (Å²) < 4.78 is 33.6. The smallest absolute Gasteiger partial charge is 0.282 e. The molecule has 0 aliphatic carbocycles. The van der Waals surface area contributed by atoms with Crippen molar-refractivity contribution in [3.05, 3.63) is 54.6 Å². The number of carbonyl (C=O) groups is 1. The first-order valence-electron chi connectivity index (χ1n) is 11.5. The second kappa shape index (κ2) is 9.88. The molecule has 0 atom stereocenters. The highest BCUT2D eigenvalue weighted by Gasteiger charge is 2.44. The first kappa shape index (κ1) is 24.8. The summed E-state index contributed by atoms with van der Waals surface area (Å²) in [7, 11) is 4.79. The summed E-state index contributed by atoms with van der Waals surface area (Å²) in [5, 5.41) is 21.3. The number of aromatic nitrogens is 6. The van der Waals surface area contributed by atoms with Crippen LogP contribution in [0.2, 0.25) is 0 Å². The third-order valence-corrected chi connectivity index (χ3v) is 5.78. The van der Waals surface area contributed by atoms with E-state index in [1.54, 1.807) is 47.2 Å². The second-order valence-corrected chi connectivity index (χ2v) is 8.56. The standard InChI is InChI=1S/C24H24F2N10O2/c1-27-23(37)20-17(30-16-6-4-5-15(21(16)38-3)22-29-13-35(2)34-22)9-19(32-33-20)31-18-8-7-14(10-28-18)36-11-24(25,26)12-36/h4-10,13H,11-12H2,1-3H3,(H,27,37)(H2,28,30,31,32). The number of nitrogens with one attached hydrogen (secondary N) is 3. The summed E-state index contributed by atoms with van der Waals surface area (Å²) >= 11 is 0. The molecule has 1 aliphatic rings. The minimum Gasteiger partial charge on any atom is -0.494 e. The molecule has 0 bridgehead atoms. The number of rotatable bonds is 8. The molecule has 196 valence electrons. The number of methoxy groups -OCH3 is 1. The molecule has 5 rings (SSSR count). The Kier molecular flexibility index (Phi) is 6.45. The van der Waals surface area contributed by atoms with Crippen molar-refractivity contribution in [2.45, 2.75) is 5.92 Å². The molecule has 38 heavy (non-hydrogen) atoms. The summed E-state index contributed by atoms with van der Waals surface area (Å²) in [5.41, 5.74) is 2.22. The fourth-order valence-corrected chi connectivity index (χ4v) is 3.95. The van der Waals surface area contributed by atoms with Crippen LogP contribution in [0.25, 0.3) is 11.4 Å². The molecule has 0 spiro atoms. The molecule has 1 amide bonds. The minimum atomic E-state index is -2.67. The average molecular weight is 523 g/mol. The minimum absolute atomic E-state index is 0.0588. The normalized spacial score (nSPS) is 14.0. The third-order valence-electron chi connectivity index (χ3n) is 5.78. The Labute approximate surface area is 216 Å². The number of benzene rings is 1. The number of nitrogens with zero attached hydrogens (tertiary/aromatic N) is 7. The van der Waals surface area contributed by atoms with Crippen molar-refractivity contribution >= 4 is 34.6 Å². The molecule has 1 fully saturated rings. The maximum absolute atomic E-state index is 13.2. The summed E-state index contributed by atoms with van der Waals surface area (Å²) in [6.45, 7) is -0.659. The van der Waals surface area contributed by atoms with E-state index in [2.05, 4.69) is 41.2 Å². The predicted octanol–water partition coefficient (Wildman–Crippen LogP) is 2.98. The fourth-order valence-electron chi connectivity index (χ4n) is 3.95. The van der Waals surface area contributed by atoms with Gasteiger partial charge in [-0.05, 0) is 24.3 Å². The van der Waals surface area contributed by atoms with Crippen molar-refractivity contribution in [1.82, 2.24) is 35.3 Å². The highest BCUT2D eigenvalue weighted by atomic mass is 19.3. The van der Waals surface area contributed by atoms with Gasteiger partial charge in [0.05, 0.1) is 49.0 Å². The molecule has 3 aromatic heterocycles. The van der Waals surface area contributed by atoms with Gasteiger partial charge in [-0.25, -0.2) is 18.7 Å². The van der Waals surface area contributed by atoms with E-state index in [4.69, 9.17) is 4.74 Å². The highest BCUT2D eigenvalue weighted by molar-refractivity contribution is 5.99. The Morgan fingerprint density at radius 1 is 1.05 bits per heavy atom. The van der Waals surface area contributed by atoms with Gasteiger partial charge in [0.25, 0.3) is 11.8 Å². The van der Waals surface area contributed by atoms with Crippen molar-refractivity contribution < 1.29 is 18.3 Å². The van der Waals surface area contributed by atoms with Crippen LogP contribution in [-0.4, -0.2) is 69.0 Å². The Morgan fingerprint density at radius 2 is 1.87 bits per heavy atom. The predicted molar refractivity (Wildman–Crippen MR) is 136 cm³/mol. The van der Waals surface area contributed by atoms with E-state index in [9.17, 15) is 13.6 Å². The number of carbonyl (C=O) groups excluding carboxylic acids is 1. The van der Waals surface area contributed by atoms with Gasteiger partial charge in [0, 0.05) is 20.2 Å². The zero-order valence-electron chi connectivity index (χ0n) is 20.7. The number of pyridine rings is 1. The molecule has 0 saturated carbocycles. The zero-order chi connectivity index (χ0) is 26.9. The number of hydrogen-bond donors (Lipinski definition) is 3. The maximum Gasteiger partial charge on any atom is 0.282 e. The molecule has 3 N–H and O–H groups in total. The van der Waals surface area contributed by atoms with Gasteiger partial charge in [-0.1, -0.05) is 6.07 Å². The fraction of sp³-hybridized carbons (Fsp3) is 0.250. The van der Waals surface area contributed by atoms with Gasteiger partial charge >= 0.3 is 0 Å². The van der Waals surface area contributed by atoms with Crippen LogP contribution in [0, 0.1) is 0 Å². The molecule has 1 aromatic carbocycles. The second-order valence-electron chi connectivity index (χ2n) is 8.56. The van der Waals surface area contributed by atoms with E-state index in [0.29, 0.717) is 45.8 Å². The van der Waals surface area contributed by atoms with Crippen molar-refractivity contribution in [1.29, 1.82) is 0 Å². The maximum atomic E-state index is 13.2. The van der Waals surface area contributed by atoms with Crippen molar-refractivity contribution in [2.75, 3.05) is 42.8 Å². The van der Waals surface area contributed by atoms with Gasteiger partial charge < -0.3 is 25.6 Å². The van der Waals surface area contributed by atoms with Gasteiger partial charge in [0.2, 0.25) is 0 Å². The quantitative estimate of drug-likeness (QED) is 0.317. The molecule has 4 heterocycles. The Hall–Kier alpha value is -4.88. The SMILES string of the molecule is CNC(=O)c1nnc(Nc2ccc(N3CC(F)(F)C3)cn2)cc1Nc1cccc(-c2ncn(C)n2)c1OC. The number of halogens is 2. The number of para-hydroxylation sites is 1. The van der Waals surface area contributed by atoms with E-state index in [1.165, 1.54) is 20.4 Å². The third kappa shape index (κ3) is 5.00. The van der Waals surface area contributed by atoms with Crippen LogP contribution in [0.4, 0.5) is 37.5 Å². The number of hydrogen-bond acceptors (Lipinski definition) is 10. The number of anilines is 5. The van der Waals surface area contributed by atoms with Gasteiger partial charge in [-0.3, -0.25) is 9.48 Å². The van der Waals surface area contributed by atoms with Crippen molar-refractivity contribution in [3.63, 3.8) is 0 Å². The first-order valence-corrected chi connectivity index (χ1v) is 11.5. The van der Waals surface area contributed by atoms with Crippen molar-refractivity contribution in [2.24, 2.45) is 7.05 Å². The molecule has 14 heteroatoms. The van der Waals surface area contributed by atoms with E-state index in [-0.39, 0.29) is 18.8 Å². The lowest BCUT2D eigenvalue weighted by molar-refractivity contribution is -0.0262. The number of alkyl halides is 2. The molecular formula is C24H24F2N10O2. The Balaban J connectivity index is 1.42. The molecule has 0 unspecified atom stereocenters. The lowest BCUT2D eigenvalue weighted by atomic mass is 10.1. The average Bonchev–Trinajstić information content (AvgIpc) is 3.33. The number of aryl methyl sites for hydroxylation is 1. The summed E-state index contributed by atoms with van der Waals surface area (Å²) in [6.07, 6.45) is 3.09. The summed E-state index contributed by atoms with van der Waals surface area (Å²) in [4.78, 5) is 22.6. The van der Waals surface area contributed by atoms with E-state index < -0.39 is 11.8 Å². The van der Waals surface area contributed by atoms with Crippen LogP contribution < -0.4 is 25.6 Å². The molecule has 4 aromatic rings. The first-order chi connectivity index (χ1) is 18.3. The van der Waals surface area contributed by atoms with Crippen LogP contribution >= 0.6 is 0 Å². The van der Waals surface area contributed by atoms with Crippen LogP contribution in [0.1, 0.15) is 10.5 Å². The van der Waals surface area contributed by atoms with E-state index in [0.717, 1.165) is 0 Å². The largest absolute Gasteiger partial charge is 0.494 e. The van der Waals surface area contributed by atoms with Gasteiger partial charge in [-0.15, -0.1) is 10.2 Å². The van der Waals surface area contributed by atoms with Crippen molar-refractivity contribution in [3.8, 4) is 17.1 Å². The summed E-state index contributed by atoms with van der Waals surface area (Å²) in [5.74, 6) is -1.43. The van der Waals surface area contributed by atoms with Crippen LogP contribution in [0.15, 0.2) is 48.9 Å². The Bertz CT molecular complexity index is 1470. The topological polar surface area (TPSA) is 135 Å².